The molecule has 24 heavy (non-hydrogen) atoms. The molecule has 0 aliphatic carbocycles. The van der Waals surface area contributed by atoms with Crippen molar-refractivity contribution in [1.82, 2.24) is 4.72 Å². The zero-order valence-electron chi connectivity index (χ0n) is 14.0. The zero-order valence-corrected chi connectivity index (χ0v) is 15.6. The lowest BCUT2D eigenvalue weighted by atomic mass is 9.98. The zero-order chi connectivity index (χ0) is 17.7. The van der Waals surface area contributed by atoms with Gasteiger partial charge in [0.1, 0.15) is 10.6 Å². The molecule has 0 fully saturated rings. The smallest absolute Gasteiger partial charge is 0.244 e. The van der Waals surface area contributed by atoms with Gasteiger partial charge in [-0.2, -0.15) is 0 Å². The predicted octanol–water partition coefficient (Wildman–Crippen LogP) is 4.41. The van der Waals surface area contributed by atoms with E-state index >= 15 is 0 Å². The van der Waals surface area contributed by atoms with Crippen LogP contribution in [-0.2, 0) is 10.0 Å². The molecule has 0 aliphatic rings. The highest BCUT2D eigenvalue weighted by Gasteiger charge is 2.25. The molecule has 0 aliphatic heterocycles. The molecule has 4 nitrogen and oxygen atoms in total. The largest absolute Gasteiger partial charge is 0.495 e. The first-order valence-electron chi connectivity index (χ1n) is 7.74. The normalized spacial score (nSPS) is 13.0. The van der Waals surface area contributed by atoms with Crippen LogP contribution in [0.3, 0.4) is 0 Å². The molecule has 2 aromatic rings. The van der Waals surface area contributed by atoms with Crippen molar-refractivity contribution in [2.75, 3.05) is 7.11 Å². The molecule has 0 saturated heterocycles. The van der Waals surface area contributed by atoms with E-state index in [2.05, 4.69) is 18.6 Å². The Balaban J connectivity index is 2.39. The van der Waals surface area contributed by atoms with Crippen LogP contribution in [0.5, 0.6) is 5.75 Å². The van der Waals surface area contributed by atoms with Crippen LogP contribution in [0.4, 0.5) is 0 Å². The number of halogens is 1. The van der Waals surface area contributed by atoms with Crippen LogP contribution in [0.2, 0.25) is 5.02 Å². The second kappa shape index (κ2) is 8.01. The van der Waals surface area contributed by atoms with Crippen LogP contribution in [0, 0.1) is 5.92 Å². The van der Waals surface area contributed by atoms with Gasteiger partial charge < -0.3 is 4.74 Å². The molecular formula is C18H22ClNO3S. The van der Waals surface area contributed by atoms with Gasteiger partial charge in [-0.1, -0.05) is 55.8 Å². The van der Waals surface area contributed by atoms with Gasteiger partial charge in [0.2, 0.25) is 10.0 Å². The molecule has 1 N–H and O–H groups in total. The van der Waals surface area contributed by atoms with E-state index in [0.29, 0.717) is 17.4 Å². The molecule has 0 saturated carbocycles. The molecule has 2 rings (SSSR count). The first-order chi connectivity index (χ1) is 11.3. The average Bonchev–Trinajstić information content (AvgIpc) is 2.54. The molecular weight excluding hydrogens is 346 g/mol. The van der Waals surface area contributed by atoms with E-state index < -0.39 is 10.0 Å². The second-order valence-electron chi connectivity index (χ2n) is 6.01. The minimum absolute atomic E-state index is 0.0437. The summed E-state index contributed by atoms with van der Waals surface area (Å²) >= 11 is 5.97. The third-order valence-electron chi connectivity index (χ3n) is 3.62. The van der Waals surface area contributed by atoms with Crippen molar-refractivity contribution in [3.05, 3.63) is 59.1 Å². The Morgan fingerprint density at radius 2 is 1.79 bits per heavy atom. The molecule has 0 amide bonds. The topological polar surface area (TPSA) is 55.4 Å². The van der Waals surface area contributed by atoms with Gasteiger partial charge in [-0.3, -0.25) is 0 Å². The second-order valence-corrected chi connectivity index (χ2v) is 8.13. The Morgan fingerprint density at radius 1 is 1.12 bits per heavy atom. The molecule has 130 valence electrons. The first kappa shape index (κ1) is 18.8. The number of rotatable bonds is 7. The van der Waals surface area contributed by atoms with Crippen molar-refractivity contribution in [1.29, 1.82) is 0 Å². The van der Waals surface area contributed by atoms with Gasteiger partial charge in [-0.05, 0) is 36.1 Å². The summed E-state index contributed by atoms with van der Waals surface area (Å²) < 4.78 is 33.7. The van der Waals surface area contributed by atoms with Gasteiger partial charge in [-0.25, -0.2) is 13.1 Å². The van der Waals surface area contributed by atoms with E-state index in [9.17, 15) is 8.42 Å². The fourth-order valence-corrected chi connectivity index (χ4v) is 4.19. The third-order valence-corrected chi connectivity index (χ3v) is 5.35. The minimum atomic E-state index is -3.78. The highest BCUT2D eigenvalue weighted by Crippen LogP contribution is 2.30. The first-order valence-corrected chi connectivity index (χ1v) is 9.60. The Hall–Kier alpha value is -1.56. The van der Waals surface area contributed by atoms with E-state index in [-0.39, 0.29) is 16.7 Å². The van der Waals surface area contributed by atoms with Crippen LogP contribution in [0.15, 0.2) is 53.4 Å². The van der Waals surface area contributed by atoms with Gasteiger partial charge >= 0.3 is 0 Å². The number of nitrogens with one attached hydrogen (secondary N) is 1. The summed E-state index contributed by atoms with van der Waals surface area (Å²) in [7, 11) is -2.34. The highest BCUT2D eigenvalue weighted by atomic mass is 35.5. The molecule has 0 unspecified atom stereocenters. The van der Waals surface area contributed by atoms with E-state index in [1.165, 1.54) is 13.2 Å². The summed E-state index contributed by atoms with van der Waals surface area (Å²) in [4.78, 5) is 0.0437. The number of hydrogen-bond acceptors (Lipinski definition) is 3. The summed E-state index contributed by atoms with van der Waals surface area (Å²) in [5, 5.41) is 0.344. The van der Waals surface area contributed by atoms with E-state index in [1.807, 2.05) is 30.3 Å². The van der Waals surface area contributed by atoms with Crippen molar-refractivity contribution >= 4 is 21.6 Å². The third kappa shape index (κ3) is 4.72. The Bertz CT molecular complexity index is 776. The quantitative estimate of drug-likeness (QED) is 0.788. The average molecular weight is 368 g/mol. The van der Waals surface area contributed by atoms with E-state index in [0.717, 1.165) is 5.56 Å². The predicted molar refractivity (Wildman–Crippen MR) is 97.0 cm³/mol. The highest BCUT2D eigenvalue weighted by molar-refractivity contribution is 7.89. The lowest BCUT2D eigenvalue weighted by Crippen LogP contribution is -2.30. The maximum absolute atomic E-state index is 12.9. The molecule has 0 spiro atoms. The minimum Gasteiger partial charge on any atom is -0.495 e. The van der Waals surface area contributed by atoms with Crippen molar-refractivity contribution < 1.29 is 13.2 Å². The molecule has 2 aromatic carbocycles. The van der Waals surface area contributed by atoms with E-state index in [1.54, 1.807) is 12.1 Å². The van der Waals surface area contributed by atoms with Gasteiger partial charge in [0.05, 0.1) is 7.11 Å². The fraction of sp³-hybridized carbons (Fsp3) is 0.333. The van der Waals surface area contributed by atoms with Crippen LogP contribution in [-0.4, -0.2) is 15.5 Å². The van der Waals surface area contributed by atoms with Gasteiger partial charge in [-0.15, -0.1) is 0 Å². The van der Waals surface area contributed by atoms with Crippen molar-refractivity contribution in [3.8, 4) is 5.75 Å². The van der Waals surface area contributed by atoms with E-state index in [4.69, 9.17) is 16.3 Å². The maximum atomic E-state index is 12.9. The van der Waals surface area contributed by atoms with Crippen LogP contribution >= 0.6 is 11.6 Å². The molecule has 0 aromatic heterocycles. The number of benzene rings is 2. The Morgan fingerprint density at radius 3 is 2.38 bits per heavy atom. The van der Waals surface area contributed by atoms with Gasteiger partial charge in [0, 0.05) is 11.1 Å². The summed E-state index contributed by atoms with van der Waals surface area (Å²) in [6, 6.07) is 13.8. The molecule has 0 heterocycles. The maximum Gasteiger partial charge on any atom is 0.244 e. The number of hydrogen-bond donors (Lipinski definition) is 1. The number of methoxy groups -OCH3 is 1. The summed E-state index contributed by atoms with van der Waals surface area (Å²) in [6.45, 7) is 4.12. The molecule has 0 bridgehead atoms. The van der Waals surface area contributed by atoms with Crippen molar-refractivity contribution in [2.24, 2.45) is 5.92 Å². The van der Waals surface area contributed by atoms with Gasteiger partial charge in [0.15, 0.2) is 0 Å². The molecule has 1 atom stereocenters. The van der Waals surface area contributed by atoms with Crippen LogP contribution in [0.1, 0.15) is 31.9 Å². The Kier molecular flexibility index (Phi) is 6.27. The monoisotopic (exact) mass is 367 g/mol. The summed E-state index contributed by atoms with van der Waals surface area (Å²) in [5.41, 5.74) is 0.927. The van der Waals surface area contributed by atoms with Crippen molar-refractivity contribution in [3.63, 3.8) is 0 Å². The number of ether oxygens (including phenoxy) is 1. The SMILES string of the molecule is COc1ccc(Cl)cc1S(=O)(=O)N[C@H](CC(C)C)c1ccccc1. The summed E-state index contributed by atoms with van der Waals surface area (Å²) in [5.74, 6) is 0.599. The van der Waals surface area contributed by atoms with Crippen LogP contribution in [0.25, 0.3) is 0 Å². The molecule has 0 radical (unpaired) electrons. The standard InChI is InChI=1S/C18H22ClNO3S/c1-13(2)11-16(14-7-5-4-6-8-14)20-24(21,22)18-12-15(19)9-10-17(18)23-3/h4-10,12-13,16,20H,11H2,1-3H3/t16-/m1/s1. The lowest BCUT2D eigenvalue weighted by Gasteiger charge is -2.22. The lowest BCUT2D eigenvalue weighted by molar-refractivity contribution is 0.401. The molecule has 6 heteroatoms. The summed E-state index contributed by atoms with van der Waals surface area (Å²) in [6.07, 6.45) is 0.687. The fourth-order valence-electron chi connectivity index (χ4n) is 2.52. The van der Waals surface area contributed by atoms with Gasteiger partial charge in [0.25, 0.3) is 0 Å². The van der Waals surface area contributed by atoms with Crippen molar-refractivity contribution in [2.45, 2.75) is 31.2 Å². The van der Waals surface area contributed by atoms with Crippen LogP contribution < -0.4 is 9.46 Å². The Labute approximate surface area is 148 Å². The number of sulfonamides is 1.